The predicted molar refractivity (Wildman–Crippen MR) is 51.8 cm³/mol. The second-order valence-electron chi connectivity index (χ2n) is 2.84. The van der Waals surface area contributed by atoms with Gasteiger partial charge in [0.25, 0.3) is 0 Å². The Labute approximate surface area is 70.9 Å². The Kier molecular flexibility index (Phi) is 6.24. The van der Waals surface area contributed by atoms with Crippen LogP contribution in [0, 0.1) is 5.92 Å². The Morgan fingerprint density at radius 1 is 1.45 bits per heavy atom. The van der Waals surface area contributed by atoms with Crippen LogP contribution in [0.4, 0.5) is 0 Å². The van der Waals surface area contributed by atoms with Crippen LogP contribution < -0.4 is 5.32 Å². The minimum atomic E-state index is 0.743. The van der Waals surface area contributed by atoms with Crippen molar-refractivity contribution in [1.82, 2.24) is 5.32 Å². The van der Waals surface area contributed by atoms with E-state index in [1.807, 2.05) is 13.8 Å². The molecule has 1 N–H and O–H groups in total. The summed E-state index contributed by atoms with van der Waals surface area (Å²) in [6.45, 7) is 10.8. The molecule has 0 aromatic heterocycles. The molecule has 1 nitrogen and oxygen atoms in total. The molecule has 1 aliphatic rings. The Morgan fingerprint density at radius 2 is 2.09 bits per heavy atom. The van der Waals surface area contributed by atoms with Gasteiger partial charge in [-0.15, -0.1) is 0 Å². The first-order chi connectivity index (χ1) is 5.30. The van der Waals surface area contributed by atoms with E-state index in [9.17, 15) is 0 Å². The molecule has 1 aliphatic heterocycles. The Balaban J connectivity index is 0.000000461. The van der Waals surface area contributed by atoms with E-state index in [4.69, 9.17) is 0 Å². The fourth-order valence-electron chi connectivity index (χ4n) is 1.08. The summed E-state index contributed by atoms with van der Waals surface area (Å²) in [4.78, 5) is 0. The van der Waals surface area contributed by atoms with Crippen LogP contribution in [0.1, 0.15) is 34.1 Å². The third-order valence-corrected chi connectivity index (χ3v) is 2.02. The van der Waals surface area contributed by atoms with Gasteiger partial charge in [0, 0.05) is 6.54 Å². The molecule has 0 aromatic rings. The molecule has 0 amide bonds. The number of hydrogen-bond acceptors (Lipinski definition) is 1. The maximum atomic E-state index is 3.38. The SMILES string of the molecule is CC.CC1=CCCNCC1C. The van der Waals surface area contributed by atoms with Crippen molar-refractivity contribution in [3.8, 4) is 0 Å². The van der Waals surface area contributed by atoms with Gasteiger partial charge in [-0.2, -0.15) is 0 Å². The Morgan fingerprint density at radius 3 is 2.73 bits per heavy atom. The minimum Gasteiger partial charge on any atom is -0.316 e. The monoisotopic (exact) mass is 155 g/mol. The first-order valence-corrected chi connectivity index (χ1v) is 4.68. The number of hydrogen-bond donors (Lipinski definition) is 1. The predicted octanol–water partition coefficient (Wildman–Crippen LogP) is 2.59. The maximum Gasteiger partial charge on any atom is 0.00142 e. The minimum absolute atomic E-state index is 0.743. The highest BCUT2D eigenvalue weighted by molar-refractivity contribution is 5.04. The molecule has 0 aliphatic carbocycles. The van der Waals surface area contributed by atoms with Crippen molar-refractivity contribution >= 4 is 0 Å². The van der Waals surface area contributed by atoms with Crippen LogP contribution in [0.3, 0.4) is 0 Å². The zero-order valence-electron chi connectivity index (χ0n) is 8.28. The van der Waals surface area contributed by atoms with E-state index in [0.717, 1.165) is 19.0 Å². The largest absolute Gasteiger partial charge is 0.316 e. The van der Waals surface area contributed by atoms with Crippen molar-refractivity contribution in [3.63, 3.8) is 0 Å². The van der Waals surface area contributed by atoms with Gasteiger partial charge >= 0.3 is 0 Å². The number of rotatable bonds is 0. The van der Waals surface area contributed by atoms with Crippen molar-refractivity contribution < 1.29 is 0 Å². The smallest absolute Gasteiger partial charge is 0.00142 e. The summed E-state index contributed by atoms with van der Waals surface area (Å²) in [5, 5.41) is 3.38. The lowest BCUT2D eigenvalue weighted by Crippen LogP contribution is -2.19. The molecule has 0 spiro atoms. The summed E-state index contributed by atoms with van der Waals surface area (Å²) in [6.07, 6.45) is 3.54. The molecule has 0 radical (unpaired) electrons. The molecule has 0 saturated heterocycles. The van der Waals surface area contributed by atoms with Crippen LogP contribution in [-0.4, -0.2) is 13.1 Å². The van der Waals surface area contributed by atoms with Crippen LogP contribution >= 0.6 is 0 Å². The van der Waals surface area contributed by atoms with Crippen LogP contribution in [-0.2, 0) is 0 Å². The highest BCUT2D eigenvalue weighted by Gasteiger charge is 2.05. The van der Waals surface area contributed by atoms with E-state index in [2.05, 4.69) is 25.2 Å². The first-order valence-electron chi connectivity index (χ1n) is 4.68. The molecule has 1 atom stereocenters. The molecular weight excluding hydrogens is 134 g/mol. The zero-order valence-corrected chi connectivity index (χ0v) is 8.28. The molecule has 0 fully saturated rings. The van der Waals surface area contributed by atoms with Gasteiger partial charge in [-0.25, -0.2) is 0 Å². The van der Waals surface area contributed by atoms with Crippen molar-refractivity contribution in [1.29, 1.82) is 0 Å². The molecule has 11 heavy (non-hydrogen) atoms. The highest BCUT2D eigenvalue weighted by atomic mass is 14.9. The third kappa shape index (κ3) is 4.20. The standard InChI is InChI=1S/C8H15N.C2H6/c1-7-4-3-5-9-6-8(7)2;1-2/h4,8-9H,3,5-6H2,1-2H3;1-2H3. The molecule has 66 valence electrons. The van der Waals surface area contributed by atoms with Crippen molar-refractivity contribution in [2.75, 3.05) is 13.1 Å². The lowest BCUT2D eigenvalue weighted by molar-refractivity contribution is 0.597. The molecular formula is C10H21N. The van der Waals surface area contributed by atoms with Gasteiger partial charge in [-0.05, 0) is 25.8 Å². The summed E-state index contributed by atoms with van der Waals surface area (Å²) in [5.41, 5.74) is 1.54. The molecule has 1 heteroatoms. The Hall–Kier alpha value is -0.300. The highest BCUT2D eigenvalue weighted by Crippen LogP contribution is 2.10. The van der Waals surface area contributed by atoms with Gasteiger partial charge < -0.3 is 5.32 Å². The molecule has 1 heterocycles. The average Bonchev–Trinajstić information content (AvgIpc) is 2.22. The van der Waals surface area contributed by atoms with Crippen LogP contribution in [0.2, 0.25) is 0 Å². The molecule has 0 bridgehead atoms. The van der Waals surface area contributed by atoms with E-state index >= 15 is 0 Å². The van der Waals surface area contributed by atoms with Crippen molar-refractivity contribution in [3.05, 3.63) is 11.6 Å². The third-order valence-electron chi connectivity index (χ3n) is 2.02. The average molecular weight is 155 g/mol. The van der Waals surface area contributed by atoms with Gasteiger partial charge in [-0.3, -0.25) is 0 Å². The second kappa shape index (κ2) is 6.41. The molecule has 0 saturated carbocycles. The zero-order chi connectivity index (χ0) is 8.69. The second-order valence-corrected chi connectivity index (χ2v) is 2.84. The van der Waals surface area contributed by atoms with Gasteiger partial charge in [0.2, 0.25) is 0 Å². The van der Waals surface area contributed by atoms with E-state index in [1.165, 1.54) is 6.42 Å². The summed E-state index contributed by atoms with van der Waals surface area (Å²) in [7, 11) is 0. The van der Waals surface area contributed by atoms with Gasteiger partial charge in [0.15, 0.2) is 0 Å². The summed E-state index contributed by atoms with van der Waals surface area (Å²) >= 11 is 0. The van der Waals surface area contributed by atoms with E-state index in [0.29, 0.717) is 0 Å². The summed E-state index contributed by atoms with van der Waals surface area (Å²) in [6, 6.07) is 0. The van der Waals surface area contributed by atoms with Crippen LogP contribution in [0.15, 0.2) is 11.6 Å². The quantitative estimate of drug-likeness (QED) is 0.530. The first kappa shape index (κ1) is 10.7. The molecule has 0 aromatic carbocycles. The van der Waals surface area contributed by atoms with Gasteiger partial charge in [0.1, 0.15) is 0 Å². The van der Waals surface area contributed by atoms with Crippen LogP contribution in [0.5, 0.6) is 0 Å². The fraction of sp³-hybridized carbons (Fsp3) is 0.800. The fourth-order valence-corrected chi connectivity index (χ4v) is 1.08. The topological polar surface area (TPSA) is 12.0 Å². The normalized spacial score (nSPS) is 24.4. The van der Waals surface area contributed by atoms with E-state index < -0.39 is 0 Å². The lowest BCUT2D eigenvalue weighted by atomic mass is 10.0. The maximum absolute atomic E-state index is 3.38. The van der Waals surface area contributed by atoms with E-state index in [-0.39, 0.29) is 0 Å². The lowest BCUT2D eigenvalue weighted by Gasteiger charge is -2.07. The summed E-state index contributed by atoms with van der Waals surface area (Å²) < 4.78 is 0. The summed E-state index contributed by atoms with van der Waals surface area (Å²) in [5.74, 6) is 0.743. The van der Waals surface area contributed by atoms with E-state index in [1.54, 1.807) is 5.57 Å². The van der Waals surface area contributed by atoms with Crippen LogP contribution in [0.25, 0.3) is 0 Å². The Bertz CT molecular complexity index is 116. The van der Waals surface area contributed by atoms with Crippen molar-refractivity contribution in [2.24, 2.45) is 5.92 Å². The van der Waals surface area contributed by atoms with Gasteiger partial charge in [-0.1, -0.05) is 32.4 Å². The number of nitrogens with one attached hydrogen (secondary N) is 1. The molecule has 1 rings (SSSR count). The molecule has 1 unspecified atom stereocenters. The van der Waals surface area contributed by atoms with Crippen molar-refractivity contribution in [2.45, 2.75) is 34.1 Å². The van der Waals surface area contributed by atoms with Gasteiger partial charge in [0.05, 0.1) is 0 Å².